The molecule has 0 radical (unpaired) electrons. The van der Waals surface area contributed by atoms with Crippen LogP contribution in [0.25, 0.3) is 0 Å². The summed E-state index contributed by atoms with van der Waals surface area (Å²) in [6, 6.07) is 0. The summed E-state index contributed by atoms with van der Waals surface area (Å²) in [6.45, 7) is 17.2. The van der Waals surface area contributed by atoms with Crippen LogP contribution in [-0.2, 0) is 0 Å². The van der Waals surface area contributed by atoms with Gasteiger partial charge in [-0.15, -0.1) is 26.3 Å². The Morgan fingerprint density at radius 3 is 1.36 bits per heavy atom. The van der Waals surface area contributed by atoms with Crippen molar-refractivity contribution in [2.45, 2.75) is 33.1 Å². The summed E-state index contributed by atoms with van der Waals surface area (Å²) >= 11 is 0. The molecule has 0 N–H and O–H groups in total. The standard InChI is InChI=1S/C5H10.C4H8.C2H4/c1-3-5-4-2;1-3-4-2;1-2/h3H,1,4-5H2,2H3;3H,1,4H2,2H3;1-2H2. The van der Waals surface area contributed by atoms with Crippen molar-refractivity contribution in [3.05, 3.63) is 38.5 Å². The fraction of sp³-hybridized carbons (Fsp3) is 0.455. The second-order valence-corrected chi connectivity index (χ2v) is 1.77. The van der Waals surface area contributed by atoms with E-state index in [1.807, 2.05) is 12.2 Å². The smallest absolute Gasteiger partial charge is 0.0356 e. The molecule has 0 aliphatic rings. The first-order chi connectivity index (χ1) is 5.33. The highest BCUT2D eigenvalue weighted by molar-refractivity contribution is 4.63. The Balaban J connectivity index is -0.0000000965. The number of hydrogen-bond donors (Lipinski definition) is 0. The Bertz CT molecular complexity index is 62.4. The van der Waals surface area contributed by atoms with E-state index >= 15 is 0 Å². The minimum atomic E-state index is 1.08. The van der Waals surface area contributed by atoms with Gasteiger partial charge in [0.05, 0.1) is 0 Å². The number of unbranched alkanes of at least 4 members (excludes halogenated alkanes) is 1. The summed E-state index contributed by atoms with van der Waals surface area (Å²) in [6.07, 6.45) is 7.27. The maximum absolute atomic E-state index is 3.55. The summed E-state index contributed by atoms with van der Waals surface area (Å²) in [5, 5.41) is 0. The van der Waals surface area contributed by atoms with Crippen LogP contribution in [0.3, 0.4) is 0 Å². The molecule has 0 aliphatic heterocycles. The fourth-order valence-electron chi connectivity index (χ4n) is 0.204. The zero-order valence-electron chi connectivity index (χ0n) is 8.10. The maximum atomic E-state index is 3.55. The van der Waals surface area contributed by atoms with Crippen LogP contribution in [0.1, 0.15) is 33.1 Å². The number of rotatable bonds is 3. The zero-order valence-corrected chi connectivity index (χ0v) is 8.10. The van der Waals surface area contributed by atoms with Gasteiger partial charge in [-0.25, -0.2) is 0 Å². The third kappa shape index (κ3) is 97.5. The highest BCUT2D eigenvalue weighted by Gasteiger charge is 1.61. The molecule has 0 amide bonds. The predicted octanol–water partition coefficient (Wildman–Crippen LogP) is 4.36. The van der Waals surface area contributed by atoms with Crippen molar-refractivity contribution >= 4 is 0 Å². The van der Waals surface area contributed by atoms with Crippen LogP contribution in [0.5, 0.6) is 0 Å². The van der Waals surface area contributed by atoms with Gasteiger partial charge in [0.1, 0.15) is 0 Å². The predicted molar refractivity (Wildman–Crippen MR) is 56.8 cm³/mol. The van der Waals surface area contributed by atoms with Crippen LogP contribution in [0.4, 0.5) is 0 Å². The van der Waals surface area contributed by atoms with Crippen molar-refractivity contribution in [2.75, 3.05) is 0 Å². The van der Waals surface area contributed by atoms with E-state index in [0.29, 0.717) is 0 Å². The van der Waals surface area contributed by atoms with E-state index in [9.17, 15) is 0 Å². The van der Waals surface area contributed by atoms with Crippen LogP contribution < -0.4 is 0 Å². The maximum Gasteiger partial charge on any atom is -0.0356 e. The molecule has 0 aliphatic carbocycles. The molecule has 0 heteroatoms. The molecule has 0 rings (SSSR count). The first-order valence-electron chi connectivity index (χ1n) is 4.05. The molecule has 0 aromatic rings. The van der Waals surface area contributed by atoms with Crippen molar-refractivity contribution in [3.8, 4) is 0 Å². The SMILES string of the molecule is C=C.C=CCC.C=CCCC. The molecule has 0 fully saturated rings. The van der Waals surface area contributed by atoms with Crippen molar-refractivity contribution in [1.82, 2.24) is 0 Å². The van der Waals surface area contributed by atoms with Gasteiger partial charge in [-0.05, 0) is 12.8 Å². The molecule has 66 valence electrons. The Hall–Kier alpha value is -0.780. The van der Waals surface area contributed by atoms with E-state index < -0.39 is 0 Å². The van der Waals surface area contributed by atoms with Crippen molar-refractivity contribution in [2.24, 2.45) is 0 Å². The van der Waals surface area contributed by atoms with E-state index in [-0.39, 0.29) is 0 Å². The van der Waals surface area contributed by atoms with E-state index in [1.54, 1.807) is 0 Å². The minimum absolute atomic E-state index is 1.08. The van der Waals surface area contributed by atoms with E-state index in [2.05, 4.69) is 40.2 Å². The molecule has 0 saturated heterocycles. The van der Waals surface area contributed by atoms with E-state index in [4.69, 9.17) is 0 Å². The van der Waals surface area contributed by atoms with Gasteiger partial charge in [-0.1, -0.05) is 32.4 Å². The molecule has 0 aromatic carbocycles. The summed E-state index contributed by atoms with van der Waals surface area (Å²) in [5.74, 6) is 0. The van der Waals surface area contributed by atoms with Gasteiger partial charge in [0.25, 0.3) is 0 Å². The average molecular weight is 154 g/mol. The largest absolute Gasteiger partial charge is 0.106 e. The summed E-state index contributed by atoms with van der Waals surface area (Å²) in [7, 11) is 0. The molecular formula is C11H22. The Kier molecular flexibility index (Phi) is 53.0. The summed E-state index contributed by atoms with van der Waals surface area (Å²) in [5.41, 5.74) is 0. The normalized spacial score (nSPS) is 6.00. The van der Waals surface area contributed by atoms with Crippen LogP contribution in [0.15, 0.2) is 38.5 Å². The lowest BCUT2D eigenvalue weighted by Crippen LogP contribution is -1.52. The first-order valence-corrected chi connectivity index (χ1v) is 4.05. The van der Waals surface area contributed by atoms with Crippen molar-refractivity contribution < 1.29 is 0 Å². The fourth-order valence-corrected chi connectivity index (χ4v) is 0.204. The average Bonchev–Trinajstić information content (AvgIpc) is 2.10. The van der Waals surface area contributed by atoms with Gasteiger partial charge in [0, 0.05) is 0 Å². The van der Waals surface area contributed by atoms with Gasteiger partial charge in [-0.3, -0.25) is 0 Å². The third-order valence-electron chi connectivity index (χ3n) is 0.781. The number of allylic oxidation sites excluding steroid dienone is 2. The Morgan fingerprint density at radius 1 is 1.00 bits per heavy atom. The van der Waals surface area contributed by atoms with Crippen LogP contribution >= 0.6 is 0 Å². The van der Waals surface area contributed by atoms with Gasteiger partial charge < -0.3 is 0 Å². The topological polar surface area (TPSA) is 0 Å². The van der Waals surface area contributed by atoms with Crippen LogP contribution in [0.2, 0.25) is 0 Å². The second kappa shape index (κ2) is 35.0. The van der Waals surface area contributed by atoms with Crippen molar-refractivity contribution in [1.29, 1.82) is 0 Å². The molecular weight excluding hydrogens is 132 g/mol. The van der Waals surface area contributed by atoms with Crippen LogP contribution in [0, 0.1) is 0 Å². The Morgan fingerprint density at radius 2 is 1.36 bits per heavy atom. The molecule has 11 heavy (non-hydrogen) atoms. The van der Waals surface area contributed by atoms with E-state index in [0.717, 1.165) is 12.8 Å². The minimum Gasteiger partial charge on any atom is -0.106 e. The van der Waals surface area contributed by atoms with Crippen LogP contribution in [-0.4, -0.2) is 0 Å². The van der Waals surface area contributed by atoms with Gasteiger partial charge >= 0.3 is 0 Å². The second-order valence-electron chi connectivity index (χ2n) is 1.77. The lowest BCUT2D eigenvalue weighted by Gasteiger charge is -1.72. The molecule has 0 bridgehead atoms. The first kappa shape index (κ1) is 16.7. The summed E-state index contributed by atoms with van der Waals surface area (Å²) in [4.78, 5) is 0. The molecule has 0 aromatic heterocycles. The molecule has 0 atom stereocenters. The van der Waals surface area contributed by atoms with Gasteiger partial charge in [0.2, 0.25) is 0 Å². The lowest BCUT2D eigenvalue weighted by atomic mass is 10.3. The molecule has 0 nitrogen and oxygen atoms in total. The number of hydrogen-bond acceptors (Lipinski definition) is 0. The lowest BCUT2D eigenvalue weighted by molar-refractivity contribution is 0.961. The molecule has 0 heterocycles. The van der Waals surface area contributed by atoms with Gasteiger partial charge in [0.15, 0.2) is 0 Å². The highest BCUT2D eigenvalue weighted by Crippen LogP contribution is 1.82. The van der Waals surface area contributed by atoms with Crippen molar-refractivity contribution in [3.63, 3.8) is 0 Å². The zero-order chi connectivity index (χ0) is 9.54. The van der Waals surface area contributed by atoms with E-state index in [1.165, 1.54) is 6.42 Å². The molecule has 0 unspecified atom stereocenters. The Labute approximate surface area is 72.3 Å². The highest BCUT2D eigenvalue weighted by atomic mass is 13.7. The van der Waals surface area contributed by atoms with Gasteiger partial charge in [-0.2, -0.15) is 0 Å². The molecule has 0 saturated carbocycles. The monoisotopic (exact) mass is 154 g/mol. The molecule has 0 spiro atoms. The third-order valence-corrected chi connectivity index (χ3v) is 0.781. The quantitative estimate of drug-likeness (QED) is 0.530. The summed E-state index contributed by atoms with van der Waals surface area (Å²) < 4.78 is 0.